The van der Waals surface area contributed by atoms with Crippen LogP contribution >= 0.6 is 11.3 Å². The molecule has 0 fully saturated rings. The summed E-state index contributed by atoms with van der Waals surface area (Å²) in [5.74, 6) is 0.613. The highest BCUT2D eigenvalue weighted by atomic mass is 32.1. The fourth-order valence-corrected chi connectivity index (χ4v) is 3.35. The lowest BCUT2D eigenvalue weighted by Gasteiger charge is -2.10. The summed E-state index contributed by atoms with van der Waals surface area (Å²) in [6.07, 6.45) is 1.67. The van der Waals surface area contributed by atoms with E-state index in [0.717, 1.165) is 16.2 Å². The number of hydrogen-bond acceptors (Lipinski definition) is 4. The Labute approximate surface area is 168 Å². The van der Waals surface area contributed by atoms with E-state index in [1.807, 2.05) is 53.9 Å². The fraction of sp³-hybridized carbons (Fsp3) is 0.174. The van der Waals surface area contributed by atoms with Crippen molar-refractivity contribution in [1.29, 1.82) is 0 Å². The van der Waals surface area contributed by atoms with E-state index in [4.69, 9.17) is 9.47 Å². The van der Waals surface area contributed by atoms with E-state index in [-0.39, 0.29) is 5.57 Å². The molecule has 1 N–H and O–H groups in total. The number of aryl methyl sites for hydroxylation is 2. The lowest BCUT2D eigenvalue weighted by atomic mass is 10.1. The first-order valence-corrected chi connectivity index (χ1v) is 9.82. The van der Waals surface area contributed by atoms with Gasteiger partial charge in [-0.05, 0) is 72.3 Å². The highest BCUT2D eigenvalue weighted by Crippen LogP contribution is 2.24. The van der Waals surface area contributed by atoms with Crippen LogP contribution in [0.1, 0.15) is 21.6 Å². The van der Waals surface area contributed by atoms with Gasteiger partial charge in [0.2, 0.25) is 0 Å². The quantitative estimate of drug-likeness (QED) is 0.408. The third-order valence-corrected chi connectivity index (χ3v) is 5.21. The summed E-state index contributed by atoms with van der Waals surface area (Å²) in [6, 6.07) is 17.0. The first-order chi connectivity index (χ1) is 13.5. The van der Waals surface area contributed by atoms with E-state index in [9.17, 15) is 9.90 Å². The molecule has 0 radical (unpaired) electrons. The zero-order valence-corrected chi connectivity index (χ0v) is 16.7. The van der Waals surface area contributed by atoms with Gasteiger partial charge < -0.3 is 14.6 Å². The second kappa shape index (κ2) is 9.24. The van der Waals surface area contributed by atoms with Crippen molar-refractivity contribution in [1.82, 2.24) is 0 Å². The fourth-order valence-electron chi connectivity index (χ4n) is 2.62. The minimum Gasteiger partial charge on any atom is -0.490 e. The minimum atomic E-state index is -0.939. The average Bonchev–Trinajstić information content (AvgIpc) is 3.21. The lowest BCUT2D eigenvalue weighted by Crippen LogP contribution is -2.09. The van der Waals surface area contributed by atoms with Gasteiger partial charge in [0.05, 0.1) is 5.57 Å². The summed E-state index contributed by atoms with van der Waals surface area (Å²) in [7, 11) is 0. The second-order valence-corrected chi connectivity index (χ2v) is 7.30. The molecule has 0 aliphatic carbocycles. The number of carboxylic acid groups (broad SMARTS) is 1. The number of carboxylic acids is 1. The zero-order valence-electron chi connectivity index (χ0n) is 15.8. The Hall–Kier alpha value is -3.05. The van der Waals surface area contributed by atoms with Crippen LogP contribution in [-0.2, 0) is 4.79 Å². The largest absolute Gasteiger partial charge is 0.490 e. The number of hydrogen-bond donors (Lipinski definition) is 1. The third kappa shape index (κ3) is 5.24. The van der Waals surface area contributed by atoms with Crippen LogP contribution in [0.2, 0.25) is 0 Å². The molecule has 0 amide bonds. The predicted octanol–water partition coefficient (Wildman–Crippen LogP) is 5.45. The first-order valence-electron chi connectivity index (χ1n) is 8.95. The molecule has 0 aliphatic rings. The molecule has 4 nitrogen and oxygen atoms in total. The zero-order chi connectivity index (χ0) is 19.9. The summed E-state index contributed by atoms with van der Waals surface area (Å²) >= 11 is 1.41. The molecule has 3 rings (SSSR count). The van der Waals surface area contributed by atoms with Crippen LogP contribution in [0.4, 0.5) is 0 Å². The van der Waals surface area contributed by atoms with Gasteiger partial charge >= 0.3 is 5.97 Å². The summed E-state index contributed by atoms with van der Waals surface area (Å²) in [5.41, 5.74) is 3.53. The van der Waals surface area contributed by atoms with Crippen LogP contribution in [0, 0.1) is 13.8 Å². The molecule has 1 aromatic heterocycles. The van der Waals surface area contributed by atoms with Gasteiger partial charge in [0.15, 0.2) is 0 Å². The Morgan fingerprint density at radius 1 is 0.964 bits per heavy atom. The standard InChI is InChI=1S/C23H22O4S/c1-16-5-8-20(14-17(16)2)27-12-11-26-19-9-6-18(7-10-19)15-21(23(24)25)22-4-3-13-28-22/h3-10,13-15H,11-12H2,1-2H3,(H,24,25)/b21-15+. The second-order valence-electron chi connectivity index (χ2n) is 6.35. The maximum Gasteiger partial charge on any atom is 0.337 e. The molecule has 0 aliphatic heterocycles. The molecule has 144 valence electrons. The molecule has 0 bridgehead atoms. The van der Waals surface area contributed by atoms with E-state index in [1.165, 1.54) is 22.5 Å². The van der Waals surface area contributed by atoms with Crippen LogP contribution in [0.15, 0.2) is 60.0 Å². The van der Waals surface area contributed by atoms with Crippen LogP contribution < -0.4 is 9.47 Å². The monoisotopic (exact) mass is 394 g/mol. The van der Waals surface area contributed by atoms with Crippen molar-refractivity contribution in [2.24, 2.45) is 0 Å². The number of benzene rings is 2. The van der Waals surface area contributed by atoms with Gasteiger partial charge in [-0.15, -0.1) is 11.3 Å². The van der Waals surface area contributed by atoms with Gasteiger partial charge in [-0.2, -0.15) is 0 Å². The Morgan fingerprint density at radius 3 is 2.25 bits per heavy atom. The topological polar surface area (TPSA) is 55.8 Å². The van der Waals surface area contributed by atoms with Crippen LogP contribution in [0.5, 0.6) is 11.5 Å². The number of rotatable bonds is 8. The molecule has 1 heterocycles. The molecule has 3 aromatic rings. The van der Waals surface area contributed by atoms with Gasteiger partial charge in [-0.1, -0.05) is 24.3 Å². The van der Waals surface area contributed by atoms with Crippen molar-refractivity contribution in [3.05, 3.63) is 81.5 Å². The molecule has 0 spiro atoms. The van der Waals surface area contributed by atoms with Crippen molar-refractivity contribution in [3.8, 4) is 11.5 Å². The van der Waals surface area contributed by atoms with Crippen LogP contribution in [0.25, 0.3) is 11.6 Å². The van der Waals surface area contributed by atoms with E-state index in [1.54, 1.807) is 12.1 Å². The van der Waals surface area contributed by atoms with Crippen molar-refractivity contribution in [3.63, 3.8) is 0 Å². The van der Waals surface area contributed by atoms with Gasteiger partial charge in [0.25, 0.3) is 0 Å². The Bertz CT molecular complexity index is 957. The molecule has 0 saturated heterocycles. The van der Waals surface area contributed by atoms with E-state index < -0.39 is 5.97 Å². The van der Waals surface area contributed by atoms with Gasteiger partial charge in [0, 0.05) is 4.88 Å². The molecule has 0 unspecified atom stereocenters. The highest BCUT2D eigenvalue weighted by Gasteiger charge is 2.11. The molecule has 28 heavy (non-hydrogen) atoms. The SMILES string of the molecule is Cc1ccc(OCCOc2ccc(/C=C(/C(=O)O)c3cccs3)cc2)cc1C. The average molecular weight is 394 g/mol. The molecule has 0 atom stereocenters. The number of ether oxygens (including phenoxy) is 2. The lowest BCUT2D eigenvalue weighted by molar-refractivity contribution is -0.130. The molecule has 0 saturated carbocycles. The Kier molecular flexibility index (Phi) is 6.50. The number of thiophene rings is 1. The Morgan fingerprint density at radius 2 is 1.64 bits per heavy atom. The van der Waals surface area contributed by atoms with E-state index in [0.29, 0.717) is 19.0 Å². The summed E-state index contributed by atoms with van der Waals surface area (Å²) in [6.45, 7) is 5.01. The van der Waals surface area contributed by atoms with Gasteiger partial charge in [0.1, 0.15) is 24.7 Å². The first kappa shape index (κ1) is 19.7. The van der Waals surface area contributed by atoms with E-state index in [2.05, 4.69) is 13.8 Å². The molecular formula is C23H22O4S. The maximum absolute atomic E-state index is 11.5. The number of carbonyl (C=O) groups is 1. The van der Waals surface area contributed by atoms with Crippen molar-refractivity contribution in [2.45, 2.75) is 13.8 Å². The van der Waals surface area contributed by atoms with Crippen LogP contribution in [0.3, 0.4) is 0 Å². The van der Waals surface area contributed by atoms with E-state index >= 15 is 0 Å². The predicted molar refractivity (Wildman–Crippen MR) is 113 cm³/mol. The molecular weight excluding hydrogens is 372 g/mol. The third-order valence-electron chi connectivity index (χ3n) is 4.31. The van der Waals surface area contributed by atoms with Gasteiger partial charge in [-0.25, -0.2) is 4.79 Å². The summed E-state index contributed by atoms with van der Waals surface area (Å²) in [5, 5.41) is 11.3. The van der Waals surface area contributed by atoms with Crippen molar-refractivity contribution >= 4 is 29.0 Å². The molecule has 2 aromatic carbocycles. The van der Waals surface area contributed by atoms with Crippen molar-refractivity contribution < 1.29 is 19.4 Å². The van der Waals surface area contributed by atoms with Crippen molar-refractivity contribution in [2.75, 3.05) is 13.2 Å². The highest BCUT2D eigenvalue weighted by molar-refractivity contribution is 7.11. The van der Waals surface area contributed by atoms with Gasteiger partial charge in [-0.3, -0.25) is 0 Å². The maximum atomic E-state index is 11.5. The summed E-state index contributed by atoms with van der Waals surface area (Å²) < 4.78 is 11.4. The number of aliphatic carboxylic acids is 1. The normalized spacial score (nSPS) is 11.3. The molecule has 5 heteroatoms. The Balaban J connectivity index is 1.55. The van der Waals surface area contributed by atoms with Crippen LogP contribution in [-0.4, -0.2) is 24.3 Å². The smallest absolute Gasteiger partial charge is 0.337 e. The minimum absolute atomic E-state index is 0.283. The summed E-state index contributed by atoms with van der Waals surface area (Å²) in [4.78, 5) is 12.2.